The van der Waals surface area contributed by atoms with Gasteiger partial charge in [-0.2, -0.15) is 0 Å². The fraction of sp³-hybridized carbons (Fsp3) is 0.529. The smallest absolute Gasteiger partial charge is 0.305 e. The molecule has 1 aliphatic carbocycles. The number of rotatable bonds is 4. The number of hydrogen-bond donors (Lipinski definition) is 1. The number of fused-ring (bicyclic) bond motifs is 1. The van der Waals surface area contributed by atoms with E-state index in [0.29, 0.717) is 12.5 Å². The molecule has 0 radical (unpaired) electrons. The Kier molecular flexibility index (Phi) is 3.95. The number of amides is 1. The first-order chi connectivity index (χ1) is 10.2. The number of nitrogens with zero attached hydrogens (tertiary/aromatic N) is 1. The van der Waals surface area contributed by atoms with E-state index in [-0.39, 0.29) is 18.4 Å². The summed E-state index contributed by atoms with van der Waals surface area (Å²) in [6.07, 6.45) is 5.66. The number of carboxylic acid groups (broad SMARTS) is 1. The summed E-state index contributed by atoms with van der Waals surface area (Å²) < 4.78 is 0. The highest BCUT2D eigenvalue weighted by Crippen LogP contribution is 2.34. The topological polar surface area (TPSA) is 57.6 Å². The molecule has 1 atom stereocenters. The highest BCUT2D eigenvalue weighted by molar-refractivity contribution is 5.98. The predicted octanol–water partition coefficient (Wildman–Crippen LogP) is 3.07. The average molecular weight is 287 g/mol. The Bertz CT molecular complexity index is 549. The molecular formula is C17H21NO3. The maximum atomic E-state index is 12.6. The van der Waals surface area contributed by atoms with E-state index in [2.05, 4.69) is 0 Å². The van der Waals surface area contributed by atoms with Crippen LogP contribution < -0.4 is 0 Å². The zero-order valence-electron chi connectivity index (χ0n) is 12.1. The third kappa shape index (κ3) is 2.80. The van der Waals surface area contributed by atoms with Gasteiger partial charge in [0.2, 0.25) is 0 Å². The fourth-order valence-electron chi connectivity index (χ4n) is 3.77. The van der Waals surface area contributed by atoms with Gasteiger partial charge in [0.25, 0.3) is 5.91 Å². The fourth-order valence-corrected chi connectivity index (χ4v) is 3.77. The van der Waals surface area contributed by atoms with Crippen molar-refractivity contribution in [3.63, 3.8) is 0 Å². The first-order valence-electron chi connectivity index (χ1n) is 7.77. The molecule has 1 N–H and O–H groups in total. The summed E-state index contributed by atoms with van der Waals surface area (Å²) in [5.41, 5.74) is 1.76. The molecule has 3 rings (SSSR count). The third-order valence-electron chi connectivity index (χ3n) is 4.83. The molecule has 1 fully saturated rings. The van der Waals surface area contributed by atoms with Gasteiger partial charge in [-0.05, 0) is 30.4 Å². The number of carboxylic acids is 1. The van der Waals surface area contributed by atoms with Crippen LogP contribution in [0.2, 0.25) is 0 Å². The van der Waals surface area contributed by atoms with E-state index in [9.17, 15) is 14.7 Å². The maximum absolute atomic E-state index is 12.6. The Morgan fingerprint density at radius 1 is 1.24 bits per heavy atom. The van der Waals surface area contributed by atoms with Gasteiger partial charge in [0, 0.05) is 18.2 Å². The molecule has 1 aliphatic heterocycles. The van der Waals surface area contributed by atoms with Crippen LogP contribution in [0, 0.1) is 5.92 Å². The summed E-state index contributed by atoms with van der Waals surface area (Å²) >= 11 is 0. The van der Waals surface area contributed by atoms with Crippen LogP contribution in [0.3, 0.4) is 0 Å². The van der Waals surface area contributed by atoms with Crippen molar-refractivity contribution < 1.29 is 14.7 Å². The first kappa shape index (κ1) is 14.1. The lowest BCUT2D eigenvalue weighted by atomic mass is 9.82. The van der Waals surface area contributed by atoms with Crippen LogP contribution in [0.4, 0.5) is 0 Å². The van der Waals surface area contributed by atoms with E-state index in [1.165, 1.54) is 6.42 Å². The SMILES string of the molecule is O=C(O)C[C@H](C1CCCCC1)N1Cc2ccccc2C1=O. The summed E-state index contributed by atoms with van der Waals surface area (Å²) in [6.45, 7) is 0.559. The third-order valence-corrected chi connectivity index (χ3v) is 4.83. The molecule has 1 heterocycles. The number of aliphatic carboxylic acids is 1. The van der Waals surface area contributed by atoms with Gasteiger partial charge in [0.15, 0.2) is 0 Å². The van der Waals surface area contributed by atoms with Crippen molar-refractivity contribution in [2.24, 2.45) is 5.92 Å². The van der Waals surface area contributed by atoms with Crippen LogP contribution in [0.25, 0.3) is 0 Å². The number of carbonyl (C=O) groups excluding carboxylic acids is 1. The lowest BCUT2D eigenvalue weighted by Gasteiger charge is -2.35. The average Bonchev–Trinajstić information content (AvgIpc) is 2.83. The minimum absolute atomic E-state index is 0.00224. The summed E-state index contributed by atoms with van der Waals surface area (Å²) in [5, 5.41) is 9.24. The Morgan fingerprint density at radius 2 is 1.95 bits per heavy atom. The Morgan fingerprint density at radius 3 is 2.62 bits per heavy atom. The predicted molar refractivity (Wildman–Crippen MR) is 78.9 cm³/mol. The first-order valence-corrected chi connectivity index (χ1v) is 7.77. The van der Waals surface area contributed by atoms with Gasteiger partial charge < -0.3 is 10.0 Å². The molecule has 2 aliphatic rings. The lowest BCUT2D eigenvalue weighted by Crippen LogP contribution is -2.43. The van der Waals surface area contributed by atoms with Gasteiger partial charge in [0.1, 0.15) is 0 Å². The van der Waals surface area contributed by atoms with Crippen LogP contribution in [0.15, 0.2) is 24.3 Å². The molecule has 1 aromatic carbocycles. The minimum atomic E-state index is -0.811. The van der Waals surface area contributed by atoms with E-state index < -0.39 is 5.97 Å². The van der Waals surface area contributed by atoms with Crippen LogP contribution in [0.5, 0.6) is 0 Å². The van der Waals surface area contributed by atoms with Gasteiger partial charge >= 0.3 is 5.97 Å². The monoisotopic (exact) mass is 287 g/mol. The normalized spacial score (nSPS) is 20.4. The van der Waals surface area contributed by atoms with Crippen molar-refractivity contribution in [1.29, 1.82) is 0 Å². The minimum Gasteiger partial charge on any atom is -0.481 e. The molecule has 1 amide bonds. The summed E-state index contributed by atoms with van der Waals surface area (Å²) in [5.74, 6) is -0.482. The lowest BCUT2D eigenvalue weighted by molar-refractivity contribution is -0.138. The van der Waals surface area contributed by atoms with Gasteiger partial charge in [-0.1, -0.05) is 37.5 Å². The molecule has 4 heteroatoms. The second-order valence-corrected chi connectivity index (χ2v) is 6.15. The zero-order chi connectivity index (χ0) is 14.8. The molecular weight excluding hydrogens is 266 g/mol. The molecule has 21 heavy (non-hydrogen) atoms. The van der Waals surface area contributed by atoms with Crippen molar-refractivity contribution in [2.75, 3.05) is 0 Å². The molecule has 0 bridgehead atoms. The van der Waals surface area contributed by atoms with Gasteiger partial charge in [0.05, 0.1) is 6.42 Å². The van der Waals surface area contributed by atoms with E-state index in [0.717, 1.165) is 36.8 Å². The second-order valence-electron chi connectivity index (χ2n) is 6.15. The Hall–Kier alpha value is -1.84. The molecule has 1 saturated carbocycles. The van der Waals surface area contributed by atoms with Crippen LogP contribution in [-0.4, -0.2) is 27.9 Å². The van der Waals surface area contributed by atoms with E-state index in [1.807, 2.05) is 24.3 Å². The van der Waals surface area contributed by atoms with Crippen LogP contribution >= 0.6 is 0 Å². The molecule has 4 nitrogen and oxygen atoms in total. The van der Waals surface area contributed by atoms with Gasteiger partial charge in [-0.3, -0.25) is 9.59 Å². The van der Waals surface area contributed by atoms with Crippen LogP contribution in [-0.2, 0) is 11.3 Å². The van der Waals surface area contributed by atoms with Crippen molar-refractivity contribution in [3.8, 4) is 0 Å². The molecule has 0 unspecified atom stereocenters. The van der Waals surface area contributed by atoms with Gasteiger partial charge in [-0.15, -0.1) is 0 Å². The largest absolute Gasteiger partial charge is 0.481 e. The van der Waals surface area contributed by atoms with E-state index in [1.54, 1.807) is 4.90 Å². The zero-order valence-corrected chi connectivity index (χ0v) is 12.1. The Labute approximate surface area is 124 Å². The highest BCUT2D eigenvalue weighted by Gasteiger charge is 2.37. The quantitative estimate of drug-likeness (QED) is 0.926. The molecule has 0 spiro atoms. The van der Waals surface area contributed by atoms with Gasteiger partial charge in [-0.25, -0.2) is 0 Å². The van der Waals surface area contributed by atoms with E-state index in [4.69, 9.17) is 0 Å². The molecule has 0 saturated heterocycles. The Balaban J connectivity index is 1.84. The van der Waals surface area contributed by atoms with Crippen molar-refractivity contribution in [1.82, 2.24) is 4.90 Å². The molecule has 112 valence electrons. The van der Waals surface area contributed by atoms with Crippen molar-refractivity contribution in [3.05, 3.63) is 35.4 Å². The van der Waals surface area contributed by atoms with E-state index >= 15 is 0 Å². The number of hydrogen-bond acceptors (Lipinski definition) is 2. The van der Waals surface area contributed by atoms with Crippen LogP contribution in [0.1, 0.15) is 54.4 Å². The summed E-state index contributed by atoms with van der Waals surface area (Å²) in [4.78, 5) is 25.6. The molecule has 1 aromatic rings. The van der Waals surface area contributed by atoms with Crippen molar-refractivity contribution >= 4 is 11.9 Å². The summed E-state index contributed by atoms with van der Waals surface area (Å²) in [6, 6.07) is 7.44. The molecule has 0 aromatic heterocycles. The number of carbonyl (C=O) groups is 2. The second kappa shape index (κ2) is 5.88. The standard InChI is InChI=1S/C17H21NO3/c19-16(20)10-15(12-6-2-1-3-7-12)18-11-13-8-4-5-9-14(13)17(18)21/h4-5,8-9,12,15H,1-3,6-7,10-11H2,(H,19,20)/t15-/m1/s1. The van der Waals surface area contributed by atoms with Crippen molar-refractivity contribution in [2.45, 2.75) is 51.1 Å². The summed E-state index contributed by atoms with van der Waals surface area (Å²) in [7, 11) is 0. The maximum Gasteiger partial charge on any atom is 0.305 e. The number of benzene rings is 1. The highest BCUT2D eigenvalue weighted by atomic mass is 16.4.